The fraction of sp³-hybridized carbons (Fsp3) is 0.0588. The molecule has 0 saturated heterocycles. The lowest BCUT2D eigenvalue weighted by Gasteiger charge is -2.11. The van der Waals surface area contributed by atoms with Crippen molar-refractivity contribution in [3.05, 3.63) is 64.9 Å². The van der Waals surface area contributed by atoms with E-state index in [1.165, 1.54) is 24.1 Å². The summed E-state index contributed by atoms with van der Waals surface area (Å²) in [4.78, 5) is 16.9. The molecule has 1 aromatic carbocycles. The number of halogens is 1. The number of rotatable bonds is 4. The number of amides is 1. The topological polar surface area (TPSA) is 92.8 Å². The second-order valence-corrected chi connectivity index (χ2v) is 5.35. The van der Waals surface area contributed by atoms with Crippen molar-refractivity contribution in [3.63, 3.8) is 0 Å². The van der Waals surface area contributed by atoms with Crippen LogP contribution < -0.4 is 10.1 Å². The Balaban J connectivity index is 2.01. The highest BCUT2D eigenvalue weighted by Gasteiger charge is 2.19. The normalized spacial score (nSPS) is 10.1. The fourth-order valence-corrected chi connectivity index (χ4v) is 2.41. The highest BCUT2D eigenvalue weighted by atomic mass is 35.5. The van der Waals surface area contributed by atoms with E-state index in [9.17, 15) is 10.1 Å². The molecule has 0 aliphatic rings. The van der Waals surface area contributed by atoms with Gasteiger partial charge in [0.25, 0.3) is 5.91 Å². The Kier molecular flexibility index (Phi) is 4.64. The monoisotopic (exact) mass is 353 g/mol. The lowest BCUT2D eigenvalue weighted by Crippen LogP contribution is -2.17. The number of pyridine rings is 1. The third-order valence-electron chi connectivity index (χ3n) is 3.39. The summed E-state index contributed by atoms with van der Waals surface area (Å²) in [5.41, 5.74) is 0.452. The van der Waals surface area contributed by atoms with Gasteiger partial charge in [-0.3, -0.25) is 4.79 Å². The van der Waals surface area contributed by atoms with E-state index in [-0.39, 0.29) is 16.9 Å². The molecular weight excluding hydrogens is 342 g/mol. The summed E-state index contributed by atoms with van der Waals surface area (Å²) >= 11 is 5.97. The number of aromatic nitrogens is 3. The maximum atomic E-state index is 12.7. The van der Waals surface area contributed by atoms with Crippen LogP contribution in [0.2, 0.25) is 5.02 Å². The molecule has 0 spiro atoms. The van der Waals surface area contributed by atoms with Crippen molar-refractivity contribution in [2.75, 3.05) is 12.4 Å². The van der Waals surface area contributed by atoms with Crippen LogP contribution in [0.25, 0.3) is 5.82 Å². The lowest BCUT2D eigenvalue weighted by molar-refractivity contribution is 0.102. The third-order valence-corrected chi connectivity index (χ3v) is 3.63. The summed E-state index contributed by atoms with van der Waals surface area (Å²) in [6, 6.07) is 12.0. The van der Waals surface area contributed by atoms with Crippen LogP contribution in [0.3, 0.4) is 0 Å². The molecule has 0 saturated carbocycles. The van der Waals surface area contributed by atoms with E-state index in [0.29, 0.717) is 16.6 Å². The smallest absolute Gasteiger partial charge is 0.260 e. The van der Waals surface area contributed by atoms with Crippen molar-refractivity contribution < 1.29 is 9.53 Å². The molecule has 0 unspecified atom stereocenters. The second kappa shape index (κ2) is 7.03. The van der Waals surface area contributed by atoms with Crippen molar-refractivity contribution in [2.24, 2.45) is 0 Å². The Bertz CT molecular complexity index is 963. The molecule has 124 valence electrons. The Hall–Kier alpha value is -3.37. The van der Waals surface area contributed by atoms with Gasteiger partial charge in [0.15, 0.2) is 11.6 Å². The minimum Gasteiger partial charge on any atom is -0.496 e. The molecule has 0 aliphatic heterocycles. The number of nitrogens with zero attached hydrogens (tertiary/aromatic N) is 4. The number of carbonyl (C=O) groups is 1. The maximum Gasteiger partial charge on any atom is 0.260 e. The summed E-state index contributed by atoms with van der Waals surface area (Å²) < 4.78 is 6.58. The number of benzene rings is 1. The van der Waals surface area contributed by atoms with Crippen LogP contribution in [-0.2, 0) is 0 Å². The van der Waals surface area contributed by atoms with Gasteiger partial charge in [-0.2, -0.15) is 15.0 Å². The van der Waals surface area contributed by atoms with Crippen LogP contribution in [0.1, 0.15) is 15.9 Å². The zero-order chi connectivity index (χ0) is 17.8. The van der Waals surface area contributed by atoms with Crippen LogP contribution in [0.5, 0.6) is 5.75 Å². The predicted octanol–water partition coefficient (Wildman–Crippen LogP) is 3.05. The largest absolute Gasteiger partial charge is 0.496 e. The van der Waals surface area contributed by atoms with Gasteiger partial charge in [-0.15, -0.1) is 0 Å². The second-order valence-electron chi connectivity index (χ2n) is 4.92. The number of hydrogen-bond donors (Lipinski definition) is 1. The van der Waals surface area contributed by atoms with Crippen LogP contribution in [-0.4, -0.2) is 27.8 Å². The maximum absolute atomic E-state index is 12.7. The summed E-state index contributed by atoms with van der Waals surface area (Å²) in [5, 5.41) is 16.5. The average Bonchev–Trinajstić information content (AvgIpc) is 3.05. The van der Waals surface area contributed by atoms with Crippen LogP contribution in [0, 0.1) is 11.3 Å². The first-order chi connectivity index (χ1) is 12.1. The molecule has 7 nitrogen and oxygen atoms in total. The lowest BCUT2D eigenvalue weighted by atomic mass is 10.2. The number of nitriles is 1. The van der Waals surface area contributed by atoms with Gasteiger partial charge >= 0.3 is 0 Å². The average molecular weight is 354 g/mol. The molecule has 0 atom stereocenters. The zero-order valence-corrected chi connectivity index (χ0v) is 13.9. The summed E-state index contributed by atoms with van der Waals surface area (Å²) in [6.07, 6.45) is 2.95. The predicted molar refractivity (Wildman–Crippen MR) is 92.0 cm³/mol. The molecular formula is C17H12ClN5O2. The molecule has 2 heterocycles. The Morgan fingerprint density at radius 2 is 2.20 bits per heavy atom. The molecule has 0 aliphatic carbocycles. The molecule has 3 rings (SSSR count). The first kappa shape index (κ1) is 16.5. The Morgan fingerprint density at radius 1 is 1.36 bits per heavy atom. The summed E-state index contributed by atoms with van der Waals surface area (Å²) in [7, 11) is 1.46. The Morgan fingerprint density at radius 3 is 2.88 bits per heavy atom. The van der Waals surface area contributed by atoms with Crippen molar-refractivity contribution in [1.29, 1.82) is 5.26 Å². The van der Waals surface area contributed by atoms with Gasteiger partial charge in [0, 0.05) is 11.2 Å². The van der Waals surface area contributed by atoms with Gasteiger partial charge in [0.05, 0.1) is 18.9 Å². The first-order valence-electron chi connectivity index (χ1n) is 7.18. The van der Waals surface area contributed by atoms with E-state index < -0.39 is 5.91 Å². The first-order valence-corrected chi connectivity index (χ1v) is 7.56. The van der Waals surface area contributed by atoms with Gasteiger partial charge in [0.2, 0.25) is 0 Å². The molecule has 2 aromatic heterocycles. The molecule has 25 heavy (non-hydrogen) atoms. The summed E-state index contributed by atoms with van der Waals surface area (Å²) in [6.45, 7) is 0. The number of hydrogen-bond acceptors (Lipinski definition) is 5. The van der Waals surface area contributed by atoms with Crippen molar-refractivity contribution in [1.82, 2.24) is 14.8 Å². The van der Waals surface area contributed by atoms with Gasteiger partial charge in [-0.05, 0) is 30.3 Å². The van der Waals surface area contributed by atoms with Gasteiger partial charge in [-0.25, -0.2) is 4.98 Å². The quantitative estimate of drug-likeness (QED) is 0.778. The number of nitrogens with one attached hydrogen (secondary N) is 1. The van der Waals surface area contributed by atoms with Crippen LogP contribution in [0.15, 0.2) is 48.8 Å². The minimum absolute atomic E-state index is 0.208. The van der Waals surface area contributed by atoms with E-state index >= 15 is 0 Å². The molecule has 0 bridgehead atoms. The van der Waals surface area contributed by atoms with Gasteiger partial charge < -0.3 is 10.1 Å². The standard InChI is InChI=1S/C17H12ClN5O2/c1-25-14-6-5-12(18)8-13(14)17(24)22-16-11(9-19)10-21-23(16)15-4-2-3-7-20-15/h2-8,10H,1H3,(H,22,24). The molecule has 8 heteroatoms. The van der Waals surface area contributed by atoms with E-state index in [4.69, 9.17) is 16.3 Å². The fourth-order valence-electron chi connectivity index (χ4n) is 2.24. The number of carbonyl (C=O) groups excluding carboxylic acids is 1. The number of anilines is 1. The molecule has 0 radical (unpaired) electrons. The van der Waals surface area contributed by atoms with Crippen LogP contribution in [0.4, 0.5) is 5.82 Å². The zero-order valence-electron chi connectivity index (χ0n) is 13.1. The van der Waals surface area contributed by atoms with E-state index in [0.717, 1.165) is 0 Å². The third kappa shape index (κ3) is 3.29. The summed E-state index contributed by atoms with van der Waals surface area (Å²) in [5.74, 6) is 0.573. The van der Waals surface area contributed by atoms with Gasteiger partial charge in [0.1, 0.15) is 17.4 Å². The van der Waals surface area contributed by atoms with Crippen LogP contribution >= 0.6 is 11.6 Å². The van der Waals surface area contributed by atoms with E-state index in [2.05, 4.69) is 15.4 Å². The Labute approximate surface area is 148 Å². The van der Waals surface area contributed by atoms with E-state index in [1.54, 1.807) is 36.5 Å². The van der Waals surface area contributed by atoms with Gasteiger partial charge in [-0.1, -0.05) is 17.7 Å². The molecule has 0 fully saturated rings. The molecule has 1 N–H and O–H groups in total. The highest BCUT2D eigenvalue weighted by Crippen LogP contribution is 2.25. The molecule has 1 amide bonds. The minimum atomic E-state index is -0.478. The number of ether oxygens (including phenoxy) is 1. The van der Waals surface area contributed by atoms with Crippen molar-refractivity contribution in [2.45, 2.75) is 0 Å². The van der Waals surface area contributed by atoms with Crippen molar-refractivity contribution >= 4 is 23.3 Å². The highest BCUT2D eigenvalue weighted by molar-refractivity contribution is 6.31. The SMILES string of the molecule is COc1ccc(Cl)cc1C(=O)Nc1c(C#N)cnn1-c1ccccn1. The van der Waals surface area contributed by atoms with Crippen molar-refractivity contribution in [3.8, 4) is 17.6 Å². The number of methoxy groups -OCH3 is 1. The molecule has 3 aromatic rings. The van der Waals surface area contributed by atoms with E-state index in [1.807, 2.05) is 6.07 Å².